The summed E-state index contributed by atoms with van der Waals surface area (Å²) in [5.74, 6) is 0.193. The van der Waals surface area contributed by atoms with Gasteiger partial charge in [0, 0.05) is 0 Å². The molecule has 0 atom stereocenters. The predicted molar refractivity (Wildman–Crippen MR) is 76.6 cm³/mol. The van der Waals surface area contributed by atoms with Crippen LogP contribution in [0.25, 0.3) is 0 Å². The highest BCUT2D eigenvalue weighted by Crippen LogP contribution is 2.21. The summed E-state index contributed by atoms with van der Waals surface area (Å²) in [6.07, 6.45) is 3.88. The van der Waals surface area contributed by atoms with Gasteiger partial charge in [-0.1, -0.05) is 44.2 Å². The van der Waals surface area contributed by atoms with E-state index in [1.807, 2.05) is 44.2 Å². The van der Waals surface area contributed by atoms with Crippen molar-refractivity contribution in [1.29, 1.82) is 0 Å². The van der Waals surface area contributed by atoms with Crippen molar-refractivity contribution in [3.8, 4) is 0 Å². The van der Waals surface area contributed by atoms with Crippen LogP contribution in [-0.4, -0.2) is 17.9 Å². The summed E-state index contributed by atoms with van der Waals surface area (Å²) in [6, 6.07) is 9.81. The molecule has 0 saturated heterocycles. The number of benzene rings is 1. The highest BCUT2D eigenvalue weighted by atomic mass is 16.6. The van der Waals surface area contributed by atoms with Crippen LogP contribution in [0.4, 0.5) is 4.79 Å². The van der Waals surface area contributed by atoms with Gasteiger partial charge in [-0.05, 0) is 37.2 Å². The molecule has 0 aliphatic heterocycles. The number of rotatable bonds is 3. The fourth-order valence-corrected chi connectivity index (χ4v) is 2.41. The summed E-state index contributed by atoms with van der Waals surface area (Å²) >= 11 is 0. The van der Waals surface area contributed by atoms with Gasteiger partial charge in [-0.3, -0.25) is 0 Å². The van der Waals surface area contributed by atoms with Crippen molar-refractivity contribution >= 4 is 11.8 Å². The first-order chi connectivity index (χ1) is 9.16. The molecule has 1 aliphatic carbocycles. The third-order valence-electron chi connectivity index (χ3n) is 3.40. The SMILES string of the molecule is CC(C)/C(=N/C(=O)OC1CCCC1)c1ccccc1. The molecule has 0 bridgehead atoms. The number of carbonyl (C=O) groups is 1. The van der Waals surface area contributed by atoms with Gasteiger partial charge in [0.1, 0.15) is 6.10 Å². The normalized spacial score (nSPS) is 16.9. The van der Waals surface area contributed by atoms with Gasteiger partial charge in [0.05, 0.1) is 5.71 Å². The predicted octanol–water partition coefficient (Wildman–Crippen LogP) is 4.21. The highest BCUT2D eigenvalue weighted by molar-refractivity contribution is 6.06. The molecule has 0 heterocycles. The van der Waals surface area contributed by atoms with E-state index in [-0.39, 0.29) is 12.0 Å². The molecule has 0 radical (unpaired) electrons. The molecule has 0 aromatic heterocycles. The van der Waals surface area contributed by atoms with Crippen LogP contribution in [0.1, 0.15) is 45.1 Å². The van der Waals surface area contributed by atoms with Gasteiger partial charge in [0.15, 0.2) is 0 Å². The molecule has 0 spiro atoms. The van der Waals surface area contributed by atoms with Crippen molar-refractivity contribution in [2.45, 2.75) is 45.6 Å². The molecule has 19 heavy (non-hydrogen) atoms. The minimum atomic E-state index is -0.445. The van der Waals surface area contributed by atoms with Gasteiger partial charge in [0.25, 0.3) is 0 Å². The maximum atomic E-state index is 11.9. The van der Waals surface area contributed by atoms with E-state index in [9.17, 15) is 4.79 Å². The van der Waals surface area contributed by atoms with Gasteiger partial charge in [0.2, 0.25) is 0 Å². The van der Waals surface area contributed by atoms with Crippen molar-refractivity contribution in [3.63, 3.8) is 0 Å². The topological polar surface area (TPSA) is 38.7 Å². The van der Waals surface area contributed by atoms with E-state index in [4.69, 9.17) is 4.74 Å². The van der Waals surface area contributed by atoms with Gasteiger partial charge in [-0.2, -0.15) is 4.99 Å². The van der Waals surface area contributed by atoms with Crippen molar-refractivity contribution in [1.82, 2.24) is 0 Å². The Labute approximate surface area is 114 Å². The van der Waals surface area contributed by atoms with Crippen LogP contribution >= 0.6 is 0 Å². The third-order valence-corrected chi connectivity index (χ3v) is 3.40. The van der Waals surface area contributed by atoms with Crippen LogP contribution in [0.15, 0.2) is 35.3 Å². The Balaban J connectivity index is 2.10. The molecule has 0 N–H and O–H groups in total. The van der Waals surface area contributed by atoms with Crippen molar-refractivity contribution < 1.29 is 9.53 Å². The summed E-state index contributed by atoms with van der Waals surface area (Å²) in [4.78, 5) is 16.0. The number of carbonyl (C=O) groups excluding carboxylic acids is 1. The largest absolute Gasteiger partial charge is 0.445 e. The Morgan fingerprint density at radius 2 is 1.84 bits per heavy atom. The van der Waals surface area contributed by atoms with E-state index < -0.39 is 6.09 Å². The minimum Gasteiger partial charge on any atom is -0.445 e. The van der Waals surface area contributed by atoms with E-state index >= 15 is 0 Å². The van der Waals surface area contributed by atoms with Crippen LogP contribution in [0, 0.1) is 5.92 Å². The number of hydrogen-bond donors (Lipinski definition) is 0. The van der Waals surface area contributed by atoms with Gasteiger partial charge in [-0.25, -0.2) is 4.79 Å². The van der Waals surface area contributed by atoms with Crippen molar-refractivity contribution in [2.75, 3.05) is 0 Å². The molecule has 102 valence electrons. The quantitative estimate of drug-likeness (QED) is 0.763. The second kappa shape index (κ2) is 6.50. The molecule has 1 fully saturated rings. The summed E-state index contributed by atoms with van der Waals surface area (Å²) in [6.45, 7) is 4.07. The number of amides is 1. The second-order valence-electron chi connectivity index (χ2n) is 5.31. The Bertz CT molecular complexity index is 445. The fraction of sp³-hybridized carbons (Fsp3) is 0.500. The third kappa shape index (κ3) is 3.91. The van der Waals surface area contributed by atoms with Gasteiger partial charge in [-0.15, -0.1) is 0 Å². The van der Waals surface area contributed by atoms with Crippen LogP contribution in [-0.2, 0) is 4.74 Å². The molecular formula is C16H21NO2. The number of ether oxygens (including phenoxy) is 1. The standard InChI is InChI=1S/C16H21NO2/c1-12(2)15(13-8-4-3-5-9-13)17-16(18)19-14-10-6-7-11-14/h3-5,8-9,12,14H,6-7,10-11H2,1-2H3/b17-15-. The van der Waals surface area contributed by atoms with E-state index in [0.29, 0.717) is 0 Å². The average molecular weight is 259 g/mol. The van der Waals surface area contributed by atoms with Crippen molar-refractivity contribution in [2.24, 2.45) is 10.9 Å². The van der Waals surface area contributed by atoms with E-state index in [0.717, 1.165) is 37.0 Å². The first-order valence-corrected chi connectivity index (χ1v) is 7.01. The second-order valence-corrected chi connectivity index (χ2v) is 5.31. The number of aliphatic imine (C=N–C) groups is 1. The molecule has 3 heteroatoms. The maximum Gasteiger partial charge on any atom is 0.434 e. The molecule has 0 unspecified atom stereocenters. The molecular weight excluding hydrogens is 238 g/mol. The Hall–Kier alpha value is -1.64. The van der Waals surface area contributed by atoms with E-state index in [1.54, 1.807) is 0 Å². The lowest BCUT2D eigenvalue weighted by molar-refractivity contribution is 0.110. The molecule has 1 aromatic carbocycles. The lowest BCUT2D eigenvalue weighted by atomic mass is 10.0. The zero-order valence-corrected chi connectivity index (χ0v) is 11.6. The zero-order valence-electron chi connectivity index (χ0n) is 11.6. The van der Waals surface area contributed by atoms with E-state index in [2.05, 4.69) is 4.99 Å². The first-order valence-electron chi connectivity index (χ1n) is 7.01. The molecule has 1 saturated carbocycles. The number of nitrogens with zero attached hydrogens (tertiary/aromatic N) is 1. The first kappa shape index (κ1) is 13.8. The molecule has 1 aromatic rings. The van der Waals surface area contributed by atoms with Crippen LogP contribution < -0.4 is 0 Å². The monoisotopic (exact) mass is 259 g/mol. The fourth-order valence-electron chi connectivity index (χ4n) is 2.41. The average Bonchev–Trinajstić information content (AvgIpc) is 2.89. The maximum absolute atomic E-state index is 11.9. The molecule has 3 nitrogen and oxygen atoms in total. The van der Waals surface area contributed by atoms with Crippen LogP contribution in [0.5, 0.6) is 0 Å². The summed E-state index contributed by atoms with van der Waals surface area (Å²) in [5, 5.41) is 0. The Morgan fingerprint density at radius 3 is 2.42 bits per heavy atom. The van der Waals surface area contributed by atoms with Crippen LogP contribution in [0.2, 0.25) is 0 Å². The number of hydrogen-bond acceptors (Lipinski definition) is 2. The Kier molecular flexibility index (Phi) is 4.72. The van der Waals surface area contributed by atoms with Crippen LogP contribution in [0.3, 0.4) is 0 Å². The minimum absolute atomic E-state index is 0.0698. The summed E-state index contributed by atoms with van der Waals surface area (Å²) in [5.41, 5.74) is 1.78. The lowest BCUT2D eigenvalue weighted by Gasteiger charge is -2.12. The Morgan fingerprint density at radius 1 is 1.21 bits per heavy atom. The summed E-state index contributed by atoms with van der Waals surface area (Å²) < 4.78 is 5.39. The summed E-state index contributed by atoms with van der Waals surface area (Å²) in [7, 11) is 0. The van der Waals surface area contributed by atoms with E-state index in [1.165, 1.54) is 0 Å². The zero-order chi connectivity index (χ0) is 13.7. The van der Waals surface area contributed by atoms with Crippen molar-refractivity contribution in [3.05, 3.63) is 35.9 Å². The highest BCUT2D eigenvalue weighted by Gasteiger charge is 2.20. The lowest BCUT2D eigenvalue weighted by Crippen LogP contribution is -2.16. The van der Waals surface area contributed by atoms with Gasteiger partial charge >= 0.3 is 6.09 Å². The molecule has 2 rings (SSSR count). The molecule has 1 aliphatic rings. The molecule has 1 amide bonds. The van der Waals surface area contributed by atoms with Gasteiger partial charge < -0.3 is 4.74 Å². The smallest absolute Gasteiger partial charge is 0.434 e.